The molecule has 0 rings (SSSR count). The van der Waals surface area contributed by atoms with E-state index in [9.17, 15) is 9.36 Å². The van der Waals surface area contributed by atoms with Gasteiger partial charge >= 0.3 is 5.97 Å². The van der Waals surface area contributed by atoms with E-state index >= 15 is 0 Å². The Morgan fingerprint density at radius 1 is 1.54 bits per heavy atom. The van der Waals surface area contributed by atoms with E-state index < -0.39 is 18.7 Å². The molecule has 0 aliphatic rings. The van der Waals surface area contributed by atoms with Crippen molar-refractivity contribution in [3.63, 3.8) is 0 Å². The molecule has 0 aliphatic heterocycles. The van der Waals surface area contributed by atoms with Gasteiger partial charge in [0.15, 0.2) is 5.60 Å². The fourth-order valence-electron chi connectivity index (χ4n) is 0.657. The lowest BCUT2D eigenvalue weighted by Gasteiger charge is -2.19. The summed E-state index contributed by atoms with van der Waals surface area (Å²) < 4.78 is 16.2. The number of hydrogen-bond donors (Lipinski definition) is 0. The molecule has 0 aliphatic carbocycles. The monoisotopic (exact) mass is 202 g/mol. The second-order valence-electron chi connectivity index (χ2n) is 3.86. The topological polar surface area (TPSA) is 43.4 Å². The number of esters is 1. The highest BCUT2D eigenvalue weighted by Crippen LogP contribution is 2.35. The van der Waals surface area contributed by atoms with Crippen molar-refractivity contribution in [1.82, 2.24) is 0 Å². The van der Waals surface area contributed by atoms with Gasteiger partial charge in [-0.1, -0.05) is 5.92 Å². The van der Waals surface area contributed by atoms with Gasteiger partial charge in [0.2, 0.25) is 0 Å². The highest BCUT2D eigenvalue weighted by Gasteiger charge is 2.22. The molecule has 0 amide bonds. The van der Waals surface area contributed by atoms with E-state index in [1.54, 1.807) is 13.8 Å². The maximum absolute atomic E-state index is 11.2. The molecule has 0 heterocycles. The summed E-state index contributed by atoms with van der Waals surface area (Å²) in [7, 11) is -2.36. The molecule has 3 nitrogen and oxygen atoms in total. The van der Waals surface area contributed by atoms with Gasteiger partial charge in [0, 0.05) is 0 Å². The first-order chi connectivity index (χ1) is 5.66. The van der Waals surface area contributed by atoms with Gasteiger partial charge in [-0.3, -0.25) is 4.79 Å². The standard InChI is InChI=1S/C9H15O3P/c1-6-9(2,3)12-8(10)7-13(4,5)11/h1H,7H2,2-5H3. The third-order valence-corrected chi connectivity index (χ3v) is 2.25. The van der Waals surface area contributed by atoms with Crippen molar-refractivity contribution in [1.29, 1.82) is 0 Å². The van der Waals surface area contributed by atoms with E-state index in [0.717, 1.165) is 0 Å². The third kappa shape index (κ3) is 6.42. The summed E-state index contributed by atoms with van der Waals surface area (Å²) >= 11 is 0. The predicted octanol–water partition coefficient (Wildman–Crippen LogP) is 1.56. The summed E-state index contributed by atoms with van der Waals surface area (Å²) in [4.78, 5) is 11.1. The highest BCUT2D eigenvalue weighted by atomic mass is 31.2. The van der Waals surface area contributed by atoms with Gasteiger partial charge in [-0.2, -0.15) is 0 Å². The molecule has 0 unspecified atom stereocenters. The average molecular weight is 202 g/mol. The SMILES string of the molecule is C#CC(C)(C)OC(=O)CP(C)(C)=O. The van der Waals surface area contributed by atoms with Crippen LogP contribution >= 0.6 is 7.14 Å². The minimum Gasteiger partial charge on any atom is -0.446 e. The Bertz CT molecular complexity index is 280. The Kier molecular flexibility index (Phi) is 3.75. The van der Waals surface area contributed by atoms with E-state index in [-0.39, 0.29) is 6.16 Å². The minimum absolute atomic E-state index is 0.0574. The van der Waals surface area contributed by atoms with E-state index in [1.807, 2.05) is 0 Å². The van der Waals surface area contributed by atoms with Crippen LogP contribution < -0.4 is 0 Å². The summed E-state index contributed by atoms with van der Waals surface area (Å²) in [6.45, 7) is 6.30. The zero-order valence-electron chi connectivity index (χ0n) is 8.46. The molecular formula is C9H15O3P. The van der Waals surface area contributed by atoms with Gasteiger partial charge in [0.25, 0.3) is 0 Å². The van der Waals surface area contributed by atoms with Crippen LogP contribution in [-0.2, 0) is 14.1 Å². The number of carbonyl (C=O) groups excluding carboxylic acids is 1. The van der Waals surface area contributed by atoms with Crippen LogP contribution in [0.5, 0.6) is 0 Å². The van der Waals surface area contributed by atoms with Crippen molar-refractivity contribution < 1.29 is 14.1 Å². The van der Waals surface area contributed by atoms with Crippen molar-refractivity contribution in [2.24, 2.45) is 0 Å². The zero-order valence-corrected chi connectivity index (χ0v) is 9.35. The van der Waals surface area contributed by atoms with Gasteiger partial charge < -0.3 is 9.30 Å². The van der Waals surface area contributed by atoms with Crippen molar-refractivity contribution in [3.8, 4) is 12.3 Å². The molecule has 0 aromatic rings. The Balaban J connectivity index is 4.21. The summed E-state index contributed by atoms with van der Waals surface area (Å²) in [6.07, 6.45) is 5.06. The van der Waals surface area contributed by atoms with Crippen molar-refractivity contribution >= 4 is 13.1 Å². The lowest BCUT2D eigenvalue weighted by molar-refractivity contribution is -0.148. The van der Waals surface area contributed by atoms with Crippen molar-refractivity contribution in [3.05, 3.63) is 0 Å². The molecular weight excluding hydrogens is 187 g/mol. The van der Waals surface area contributed by atoms with Crippen LogP contribution in [0.2, 0.25) is 0 Å². The second kappa shape index (κ2) is 3.98. The van der Waals surface area contributed by atoms with Crippen LogP contribution in [0.3, 0.4) is 0 Å². The smallest absolute Gasteiger partial charge is 0.314 e. The Hall–Kier alpha value is -0.740. The first-order valence-electron chi connectivity index (χ1n) is 3.90. The van der Waals surface area contributed by atoms with Crippen LogP contribution in [0.1, 0.15) is 13.8 Å². The Morgan fingerprint density at radius 3 is 2.31 bits per heavy atom. The fraction of sp³-hybridized carbons (Fsp3) is 0.667. The summed E-state index contributed by atoms with van der Waals surface area (Å²) in [5, 5.41) is 0. The molecule has 74 valence electrons. The van der Waals surface area contributed by atoms with Gasteiger partial charge in [-0.15, -0.1) is 6.42 Å². The van der Waals surface area contributed by atoms with Crippen molar-refractivity contribution in [2.45, 2.75) is 19.4 Å². The van der Waals surface area contributed by atoms with Gasteiger partial charge in [-0.05, 0) is 27.2 Å². The van der Waals surface area contributed by atoms with Crippen LogP contribution in [0.4, 0.5) is 0 Å². The molecule has 0 N–H and O–H groups in total. The molecule has 0 spiro atoms. The minimum atomic E-state index is -2.36. The largest absolute Gasteiger partial charge is 0.446 e. The molecule has 0 aromatic carbocycles. The van der Waals surface area contributed by atoms with E-state index in [2.05, 4.69) is 5.92 Å². The lowest BCUT2D eigenvalue weighted by atomic mass is 10.1. The second-order valence-corrected chi connectivity index (χ2v) is 7.32. The number of terminal acetylenes is 1. The first-order valence-corrected chi connectivity index (χ1v) is 6.68. The molecule has 0 bridgehead atoms. The number of ether oxygens (including phenoxy) is 1. The van der Waals surface area contributed by atoms with Gasteiger partial charge in [0.05, 0.1) is 13.3 Å². The normalized spacial score (nSPS) is 11.9. The summed E-state index contributed by atoms with van der Waals surface area (Å²) in [5.74, 6) is 1.82. The Labute approximate surface area is 79.2 Å². The summed E-state index contributed by atoms with van der Waals surface area (Å²) in [6, 6.07) is 0. The first kappa shape index (κ1) is 12.3. The molecule has 13 heavy (non-hydrogen) atoms. The van der Waals surface area contributed by atoms with Gasteiger partial charge in [-0.25, -0.2) is 0 Å². The van der Waals surface area contributed by atoms with Crippen LogP contribution in [0.25, 0.3) is 0 Å². The van der Waals surface area contributed by atoms with Gasteiger partial charge in [0.1, 0.15) is 0 Å². The van der Waals surface area contributed by atoms with Crippen molar-refractivity contribution in [2.75, 3.05) is 19.5 Å². The van der Waals surface area contributed by atoms with E-state index in [0.29, 0.717) is 0 Å². The van der Waals surface area contributed by atoms with E-state index in [1.165, 1.54) is 13.3 Å². The number of rotatable bonds is 3. The highest BCUT2D eigenvalue weighted by molar-refractivity contribution is 7.63. The van der Waals surface area contributed by atoms with Crippen LogP contribution in [0, 0.1) is 12.3 Å². The molecule has 0 saturated carbocycles. The molecule has 4 heteroatoms. The zero-order chi connectivity index (χ0) is 10.7. The van der Waals surface area contributed by atoms with Crippen LogP contribution in [-0.4, -0.2) is 31.1 Å². The lowest BCUT2D eigenvalue weighted by Crippen LogP contribution is -2.27. The average Bonchev–Trinajstić information content (AvgIpc) is 1.81. The molecule has 0 saturated heterocycles. The third-order valence-electron chi connectivity index (χ3n) is 1.23. The van der Waals surface area contributed by atoms with E-state index in [4.69, 9.17) is 11.2 Å². The molecule has 0 fully saturated rings. The van der Waals surface area contributed by atoms with Crippen LogP contribution in [0.15, 0.2) is 0 Å². The Morgan fingerprint density at radius 2 is 2.00 bits per heavy atom. The fourth-order valence-corrected chi connectivity index (χ4v) is 1.34. The maximum Gasteiger partial charge on any atom is 0.314 e. The maximum atomic E-state index is 11.2. The predicted molar refractivity (Wildman–Crippen MR) is 53.3 cm³/mol. The molecule has 0 radical (unpaired) electrons. The number of carbonyl (C=O) groups is 1. The molecule has 0 aromatic heterocycles. The summed E-state index contributed by atoms with van der Waals surface area (Å²) in [5.41, 5.74) is -0.910. The quantitative estimate of drug-likeness (QED) is 0.396. The number of hydrogen-bond acceptors (Lipinski definition) is 3. The molecule has 0 atom stereocenters.